The fourth-order valence-electron chi connectivity index (χ4n) is 2.37. The van der Waals surface area contributed by atoms with E-state index in [1.807, 2.05) is 18.2 Å². The van der Waals surface area contributed by atoms with Gasteiger partial charge in [-0.05, 0) is 18.4 Å². The van der Waals surface area contributed by atoms with Crippen LogP contribution in [-0.2, 0) is 16.0 Å². The highest BCUT2D eigenvalue weighted by molar-refractivity contribution is 5.76. The number of aryl methyl sites for hydroxylation is 1. The molecule has 1 fully saturated rings. The van der Waals surface area contributed by atoms with Gasteiger partial charge in [-0.3, -0.25) is 4.79 Å². The van der Waals surface area contributed by atoms with E-state index in [0.717, 1.165) is 12.8 Å². The van der Waals surface area contributed by atoms with Crippen molar-refractivity contribution in [2.45, 2.75) is 25.3 Å². The van der Waals surface area contributed by atoms with Crippen LogP contribution in [0.2, 0.25) is 0 Å². The van der Waals surface area contributed by atoms with E-state index in [4.69, 9.17) is 4.74 Å². The molecular formula is C15H21NO3. The average molecular weight is 263 g/mol. The number of aliphatic hydroxyl groups is 1. The molecule has 104 valence electrons. The normalized spacial score (nSPS) is 19.4. The number of aliphatic hydroxyl groups excluding tert-OH is 1. The van der Waals surface area contributed by atoms with E-state index in [9.17, 15) is 9.90 Å². The van der Waals surface area contributed by atoms with Crippen LogP contribution < -0.4 is 0 Å². The predicted octanol–water partition coefficient (Wildman–Crippen LogP) is 1.23. The topological polar surface area (TPSA) is 49.8 Å². The molecule has 1 aliphatic rings. The third-order valence-electron chi connectivity index (χ3n) is 3.46. The van der Waals surface area contributed by atoms with Gasteiger partial charge in [0, 0.05) is 13.0 Å². The van der Waals surface area contributed by atoms with Crippen molar-refractivity contribution >= 4 is 5.91 Å². The molecule has 0 spiro atoms. The lowest BCUT2D eigenvalue weighted by Gasteiger charge is -2.34. The molecule has 1 aliphatic heterocycles. The number of benzene rings is 1. The summed E-state index contributed by atoms with van der Waals surface area (Å²) in [5.74, 6) is 0.123. The van der Waals surface area contributed by atoms with E-state index in [1.165, 1.54) is 5.56 Å². The smallest absolute Gasteiger partial charge is 0.223 e. The lowest BCUT2D eigenvalue weighted by atomic mass is 10.1. The number of hydrogen-bond donors (Lipinski definition) is 1. The van der Waals surface area contributed by atoms with E-state index in [0.29, 0.717) is 26.2 Å². The summed E-state index contributed by atoms with van der Waals surface area (Å²) in [4.78, 5) is 13.9. The van der Waals surface area contributed by atoms with Crippen LogP contribution in [0.4, 0.5) is 0 Å². The van der Waals surface area contributed by atoms with Crippen molar-refractivity contribution in [3.63, 3.8) is 0 Å². The maximum Gasteiger partial charge on any atom is 0.223 e. The minimum Gasteiger partial charge on any atom is -0.394 e. The van der Waals surface area contributed by atoms with Gasteiger partial charge in [0.15, 0.2) is 0 Å². The lowest BCUT2D eigenvalue weighted by Crippen LogP contribution is -2.50. The van der Waals surface area contributed by atoms with E-state index in [1.54, 1.807) is 4.90 Å². The SMILES string of the molecule is O=C(CCCc1ccccc1)N1CCOCC1CO. The molecule has 0 aromatic heterocycles. The molecule has 1 N–H and O–H groups in total. The zero-order valence-electron chi connectivity index (χ0n) is 11.1. The van der Waals surface area contributed by atoms with Gasteiger partial charge < -0.3 is 14.7 Å². The Hall–Kier alpha value is -1.39. The Morgan fingerprint density at radius 3 is 2.89 bits per heavy atom. The summed E-state index contributed by atoms with van der Waals surface area (Å²) in [6.07, 6.45) is 2.30. The van der Waals surface area contributed by atoms with Gasteiger partial charge in [0.2, 0.25) is 5.91 Å². The van der Waals surface area contributed by atoms with Crippen molar-refractivity contribution in [3.05, 3.63) is 35.9 Å². The number of carbonyl (C=O) groups excluding carboxylic acids is 1. The third-order valence-corrected chi connectivity index (χ3v) is 3.46. The highest BCUT2D eigenvalue weighted by Gasteiger charge is 2.25. The minimum atomic E-state index is -0.169. The molecule has 1 saturated heterocycles. The first kappa shape index (κ1) is 14.0. The molecule has 19 heavy (non-hydrogen) atoms. The van der Waals surface area contributed by atoms with Crippen LogP contribution in [0.1, 0.15) is 18.4 Å². The number of morpholine rings is 1. The Balaban J connectivity index is 1.77. The van der Waals surface area contributed by atoms with Crippen LogP contribution in [0.3, 0.4) is 0 Å². The number of hydrogen-bond acceptors (Lipinski definition) is 3. The molecule has 4 nitrogen and oxygen atoms in total. The van der Waals surface area contributed by atoms with Gasteiger partial charge in [-0.2, -0.15) is 0 Å². The lowest BCUT2D eigenvalue weighted by molar-refractivity contribution is -0.141. The third kappa shape index (κ3) is 4.04. The first-order valence-corrected chi connectivity index (χ1v) is 6.83. The summed E-state index contributed by atoms with van der Waals surface area (Å²) >= 11 is 0. The first-order chi connectivity index (χ1) is 9.31. The summed E-state index contributed by atoms with van der Waals surface area (Å²) in [5.41, 5.74) is 1.26. The van der Waals surface area contributed by atoms with E-state index in [-0.39, 0.29) is 18.6 Å². The quantitative estimate of drug-likeness (QED) is 0.869. The second kappa shape index (κ2) is 7.26. The zero-order valence-corrected chi connectivity index (χ0v) is 11.1. The van der Waals surface area contributed by atoms with Crippen molar-refractivity contribution in [2.75, 3.05) is 26.4 Å². The first-order valence-electron chi connectivity index (χ1n) is 6.83. The molecule has 1 atom stereocenters. The molecule has 4 heteroatoms. The maximum atomic E-state index is 12.1. The number of nitrogens with zero attached hydrogens (tertiary/aromatic N) is 1. The van der Waals surface area contributed by atoms with Gasteiger partial charge in [0.05, 0.1) is 25.9 Å². The standard InChI is InChI=1S/C15H21NO3/c17-11-14-12-19-10-9-16(14)15(18)8-4-7-13-5-2-1-3-6-13/h1-3,5-6,14,17H,4,7-12H2. The molecule has 1 aromatic rings. The van der Waals surface area contributed by atoms with E-state index >= 15 is 0 Å². The molecule has 1 aromatic carbocycles. The van der Waals surface area contributed by atoms with Gasteiger partial charge in [-0.25, -0.2) is 0 Å². The summed E-state index contributed by atoms with van der Waals surface area (Å²) < 4.78 is 5.27. The Morgan fingerprint density at radius 2 is 2.16 bits per heavy atom. The number of ether oxygens (including phenoxy) is 1. The van der Waals surface area contributed by atoms with Gasteiger partial charge >= 0.3 is 0 Å². The van der Waals surface area contributed by atoms with Crippen LogP contribution in [0.25, 0.3) is 0 Å². The number of amides is 1. The minimum absolute atomic E-state index is 0.0234. The van der Waals surface area contributed by atoms with E-state index in [2.05, 4.69) is 12.1 Å². The highest BCUT2D eigenvalue weighted by atomic mass is 16.5. The average Bonchev–Trinajstić information content (AvgIpc) is 2.48. The molecule has 1 unspecified atom stereocenters. The summed E-state index contributed by atoms with van der Waals surface area (Å²) in [6, 6.07) is 10.0. The van der Waals surface area contributed by atoms with Gasteiger partial charge in [0.25, 0.3) is 0 Å². The molecule has 1 amide bonds. The molecule has 0 saturated carbocycles. The predicted molar refractivity (Wildman–Crippen MR) is 72.8 cm³/mol. The fourth-order valence-corrected chi connectivity index (χ4v) is 2.37. The van der Waals surface area contributed by atoms with Crippen molar-refractivity contribution in [3.8, 4) is 0 Å². The van der Waals surface area contributed by atoms with Crippen molar-refractivity contribution < 1.29 is 14.6 Å². The monoisotopic (exact) mass is 263 g/mol. The van der Waals surface area contributed by atoms with Crippen LogP contribution >= 0.6 is 0 Å². The highest BCUT2D eigenvalue weighted by Crippen LogP contribution is 2.11. The summed E-state index contributed by atoms with van der Waals surface area (Å²) in [6.45, 7) is 1.58. The fraction of sp³-hybridized carbons (Fsp3) is 0.533. The molecule has 2 rings (SSSR count). The Bertz CT molecular complexity index is 394. The zero-order chi connectivity index (χ0) is 13.5. The van der Waals surface area contributed by atoms with Crippen molar-refractivity contribution in [1.29, 1.82) is 0 Å². The Kier molecular flexibility index (Phi) is 5.36. The second-order valence-corrected chi connectivity index (χ2v) is 4.84. The molecule has 0 aliphatic carbocycles. The Morgan fingerprint density at radius 1 is 1.37 bits per heavy atom. The van der Waals surface area contributed by atoms with Crippen LogP contribution in [-0.4, -0.2) is 48.3 Å². The molecule has 0 radical (unpaired) electrons. The molecular weight excluding hydrogens is 242 g/mol. The summed E-state index contributed by atoms with van der Waals surface area (Å²) in [7, 11) is 0. The number of rotatable bonds is 5. The summed E-state index contributed by atoms with van der Waals surface area (Å²) in [5, 5.41) is 9.24. The van der Waals surface area contributed by atoms with Gasteiger partial charge in [-0.15, -0.1) is 0 Å². The maximum absolute atomic E-state index is 12.1. The van der Waals surface area contributed by atoms with Crippen LogP contribution in [0.15, 0.2) is 30.3 Å². The second-order valence-electron chi connectivity index (χ2n) is 4.84. The van der Waals surface area contributed by atoms with Crippen LogP contribution in [0.5, 0.6) is 0 Å². The Labute approximate surface area is 114 Å². The molecule has 0 bridgehead atoms. The van der Waals surface area contributed by atoms with E-state index < -0.39 is 0 Å². The van der Waals surface area contributed by atoms with Crippen molar-refractivity contribution in [2.24, 2.45) is 0 Å². The molecule has 1 heterocycles. The van der Waals surface area contributed by atoms with Gasteiger partial charge in [-0.1, -0.05) is 30.3 Å². The largest absolute Gasteiger partial charge is 0.394 e. The van der Waals surface area contributed by atoms with Crippen molar-refractivity contribution in [1.82, 2.24) is 4.90 Å². The van der Waals surface area contributed by atoms with Crippen LogP contribution in [0, 0.1) is 0 Å². The van der Waals surface area contributed by atoms with Gasteiger partial charge in [0.1, 0.15) is 0 Å². The number of carbonyl (C=O) groups is 1.